The number of hydrogen-bond acceptors (Lipinski definition) is 10. The number of ketones is 1. The third kappa shape index (κ3) is 9.37. The highest BCUT2D eigenvalue weighted by molar-refractivity contribution is 6.00. The molecule has 3 N–H and O–H groups in total. The molecule has 1 aliphatic carbocycles. The van der Waals surface area contributed by atoms with Crippen molar-refractivity contribution < 1.29 is 18.8 Å². The number of pyridine rings is 2. The van der Waals surface area contributed by atoms with Gasteiger partial charge >= 0.3 is 5.76 Å². The fourth-order valence-corrected chi connectivity index (χ4v) is 12.1. The van der Waals surface area contributed by atoms with Crippen LogP contribution in [0.4, 0.5) is 5.82 Å². The van der Waals surface area contributed by atoms with E-state index in [1.807, 2.05) is 42.7 Å². The van der Waals surface area contributed by atoms with Crippen molar-refractivity contribution in [3.63, 3.8) is 0 Å². The second-order valence-corrected chi connectivity index (χ2v) is 20.3. The summed E-state index contributed by atoms with van der Waals surface area (Å²) < 4.78 is 9.23. The van der Waals surface area contributed by atoms with Crippen LogP contribution in [0.3, 0.4) is 0 Å². The van der Waals surface area contributed by atoms with Gasteiger partial charge in [0.2, 0.25) is 11.8 Å². The molecule has 350 valence electrons. The van der Waals surface area contributed by atoms with E-state index < -0.39 is 17.7 Å². The predicted octanol–water partition coefficient (Wildman–Crippen LogP) is 8.77. The molecule has 4 aliphatic rings. The Morgan fingerprint density at radius 3 is 2.37 bits per heavy atom. The molecule has 67 heavy (non-hydrogen) atoms. The molecule has 2 amide bonds. The first kappa shape index (κ1) is 44.9. The maximum Gasteiger partial charge on any atom is 0.420 e. The van der Waals surface area contributed by atoms with Gasteiger partial charge < -0.3 is 19.6 Å². The van der Waals surface area contributed by atoms with Gasteiger partial charge in [-0.25, -0.2) is 14.8 Å². The van der Waals surface area contributed by atoms with Crippen LogP contribution in [0.1, 0.15) is 130 Å². The van der Waals surface area contributed by atoms with Gasteiger partial charge in [0.15, 0.2) is 11.4 Å². The molecule has 1 saturated carbocycles. The Kier molecular flexibility index (Phi) is 12.7. The maximum atomic E-state index is 13.6. The number of Topliss-reactive ketones (excluding diaryl/α,β-unsaturated/α-hetero) is 1. The molecule has 13 nitrogen and oxygen atoms in total. The first-order chi connectivity index (χ1) is 32.4. The summed E-state index contributed by atoms with van der Waals surface area (Å²) in [6.07, 6.45) is 14.8. The third-order valence-electron chi connectivity index (χ3n) is 16.1. The number of oxazole rings is 1. The number of aryl methyl sites for hydroxylation is 1. The molecule has 0 bridgehead atoms. The van der Waals surface area contributed by atoms with Crippen molar-refractivity contribution in [2.45, 2.75) is 115 Å². The smallest absolute Gasteiger partial charge is 0.408 e. The van der Waals surface area contributed by atoms with E-state index in [4.69, 9.17) is 15.1 Å². The molecule has 4 aromatic heterocycles. The number of carbonyl (C=O) groups excluding carboxylic acids is 3. The average Bonchev–Trinajstić information content (AvgIpc) is 3.85. The first-order valence-electron chi connectivity index (χ1n) is 24.7. The predicted molar refractivity (Wildman–Crippen MR) is 261 cm³/mol. The number of nitrogens with zero attached hydrogens (tertiary/aromatic N) is 6. The Hall–Kier alpha value is -5.92. The van der Waals surface area contributed by atoms with Crippen molar-refractivity contribution in [3.8, 4) is 11.1 Å². The second-order valence-electron chi connectivity index (χ2n) is 20.3. The van der Waals surface area contributed by atoms with Crippen LogP contribution < -0.4 is 16.8 Å². The number of nitrogens with one attached hydrogen (secondary N) is 1. The molecule has 4 atom stereocenters. The van der Waals surface area contributed by atoms with Crippen LogP contribution in [-0.4, -0.2) is 78.7 Å². The zero-order valence-electron chi connectivity index (χ0n) is 39.2. The minimum atomic E-state index is -0.738. The number of amides is 2. The molecule has 0 radical (unpaired) electrons. The lowest BCUT2D eigenvalue weighted by Crippen LogP contribution is -2.44. The number of nitrogen functional groups attached to an aromatic ring is 1. The minimum absolute atomic E-state index is 0.201. The lowest BCUT2D eigenvalue weighted by molar-refractivity contribution is -0.135. The van der Waals surface area contributed by atoms with Gasteiger partial charge in [0, 0.05) is 73.1 Å². The van der Waals surface area contributed by atoms with Crippen LogP contribution in [-0.2, 0) is 23.1 Å². The van der Waals surface area contributed by atoms with E-state index in [2.05, 4.69) is 82.0 Å². The molecule has 3 aliphatic heterocycles. The summed E-state index contributed by atoms with van der Waals surface area (Å²) in [6, 6.07) is 22.7. The van der Waals surface area contributed by atoms with E-state index in [0.717, 1.165) is 104 Å². The number of nitrogens with two attached hydrogens (primary N) is 1. The van der Waals surface area contributed by atoms with Gasteiger partial charge in [-0.3, -0.25) is 29.2 Å². The molecule has 13 heteroatoms. The molecule has 6 aromatic rings. The number of fused-ring (bicyclic) bond motifs is 2. The molecule has 2 aromatic carbocycles. The molecule has 7 heterocycles. The number of benzene rings is 2. The average molecular weight is 905 g/mol. The number of piperidine rings is 3. The number of likely N-dealkylation sites (tertiary alicyclic amines) is 2. The molecular weight excluding hydrogens is 841 g/mol. The standard InChI is InChI=1S/C54H64N8O5/c1-33-26-38(27-37-8-14-45-49(29-37)67-54(66)62(45)46-15-17-51(64)58-53(46)65)19-23-61(33)32-36-6-4-35(5-7-36)28-48(63)41-11-9-39(10-12-41)40-20-24-60(25-21-40)34(2)47-30-44-43(18-22-56-52(44)59(47)3)42-13-16-50(55)57-31-42/h8-14,16,18,22,29-31,33-36,38,40,46H,4-7,15,17,19-21,23-28,32H2,1-3H3,(H2,55,57)(H,58,64,65)/t33-,34-,35?,36?,38?,46?/m0/s1. The summed E-state index contributed by atoms with van der Waals surface area (Å²) in [5.74, 6) is 1.63. The van der Waals surface area contributed by atoms with E-state index in [0.29, 0.717) is 53.1 Å². The van der Waals surface area contributed by atoms with Gasteiger partial charge in [-0.1, -0.05) is 30.3 Å². The van der Waals surface area contributed by atoms with E-state index in [9.17, 15) is 19.2 Å². The van der Waals surface area contributed by atoms with Crippen LogP contribution in [0.15, 0.2) is 88.3 Å². The van der Waals surface area contributed by atoms with Crippen LogP contribution in [0.25, 0.3) is 33.3 Å². The number of hydrogen-bond donors (Lipinski definition) is 2. The van der Waals surface area contributed by atoms with Crippen LogP contribution in [0.2, 0.25) is 0 Å². The number of rotatable bonds is 12. The zero-order valence-corrected chi connectivity index (χ0v) is 39.2. The largest absolute Gasteiger partial charge is 0.420 e. The van der Waals surface area contributed by atoms with E-state index in [1.54, 1.807) is 0 Å². The summed E-state index contributed by atoms with van der Waals surface area (Å²) in [5, 5.41) is 3.47. The van der Waals surface area contributed by atoms with Crippen molar-refractivity contribution in [2.75, 3.05) is 31.9 Å². The normalized spacial score (nSPS) is 24.0. The molecule has 4 fully saturated rings. The van der Waals surface area contributed by atoms with Crippen molar-refractivity contribution in [1.29, 1.82) is 0 Å². The molecule has 0 spiro atoms. The second kappa shape index (κ2) is 19.0. The topological polar surface area (TPSA) is 162 Å². The molecule has 10 rings (SSSR count). The van der Waals surface area contributed by atoms with Gasteiger partial charge in [0.1, 0.15) is 17.5 Å². The number of imide groups is 1. The highest BCUT2D eigenvalue weighted by Gasteiger charge is 2.33. The van der Waals surface area contributed by atoms with Gasteiger partial charge in [-0.15, -0.1) is 0 Å². The highest BCUT2D eigenvalue weighted by Crippen LogP contribution is 2.38. The van der Waals surface area contributed by atoms with Gasteiger partial charge in [-0.2, -0.15) is 0 Å². The lowest BCUT2D eigenvalue weighted by Gasteiger charge is -2.41. The first-order valence-corrected chi connectivity index (χ1v) is 24.7. The zero-order chi connectivity index (χ0) is 46.3. The monoisotopic (exact) mass is 904 g/mol. The highest BCUT2D eigenvalue weighted by atomic mass is 16.4. The van der Waals surface area contributed by atoms with Gasteiger partial charge in [0.25, 0.3) is 0 Å². The minimum Gasteiger partial charge on any atom is -0.408 e. The summed E-state index contributed by atoms with van der Waals surface area (Å²) >= 11 is 0. The Labute approximate surface area is 392 Å². The van der Waals surface area contributed by atoms with Crippen molar-refractivity contribution in [2.24, 2.45) is 24.8 Å². The number of carbonyl (C=O) groups is 3. The fraction of sp³-hybridized carbons (Fsp3) is 0.481. The Morgan fingerprint density at radius 1 is 0.866 bits per heavy atom. The van der Waals surface area contributed by atoms with Crippen LogP contribution >= 0.6 is 0 Å². The quantitative estimate of drug-likeness (QED) is 0.0898. The van der Waals surface area contributed by atoms with Crippen LogP contribution in [0.5, 0.6) is 0 Å². The van der Waals surface area contributed by atoms with Gasteiger partial charge in [-0.05, 0) is 174 Å². The summed E-state index contributed by atoms with van der Waals surface area (Å²) in [7, 11) is 2.12. The molecule has 3 saturated heterocycles. The molecular formula is C54H64N8O5. The summed E-state index contributed by atoms with van der Waals surface area (Å²) in [6.45, 7) is 8.91. The number of aromatic nitrogens is 4. The Bertz CT molecular complexity index is 2830. The van der Waals surface area contributed by atoms with Crippen molar-refractivity contribution in [3.05, 3.63) is 112 Å². The maximum absolute atomic E-state index is 13.6. The SMILES string of the molecule is C[C@H]1CC(Cc2ccc3c(c2)oc(=O)n3C2CCC(=O)NC2=O)CCN1CC1CCC(CC(=O)c2ccc(C3CCN([C@@H](C)c4cc5c(-c6ccc(N)nc6)ccnc5n4C)CC3)cc2)CC1. The van der Waals surface area contributed by atoms with E-state index in [1.165, 1.54) is 28.7 Å². The number of anilines is 1. The lowest BCUT2D eigenvalue weighted by atomic mass is 9.78. The fourth-order valence-electron chi connectivity index (χ4n) is 12.1. The van der Waals surface area contributed by atoms with Crippen LogP contribution in [0, 0.1) is 17.8 Å². The Morgan fingerprint density at radius 2 is 1.64 bits per heavy atom. The summed E-state index contributed by atoms with van der Waals surface area (Å²) in [4.78, 5) is 64.9. The van der Waals surface area contributed by atoms with Crippen molar-refractivity contribution >= 4 is 45.5 Å². The molecule has 2 unspecified atom stereocenters. The Balaban J connectivity index is 0.659. The summed E-state index contributed by atoms with van der Waals surface area (Å²) in [5.41, 5.74) is 14.6. The van der Waals surface area contributed by atoms with Crippen molar-refractivity contribution in [1.82, 2.24) is 34.2 Å². The van der Waals surface area contributed by atoms with E-state index >= 15 is 0 Å². The van der Waals surface area contributed by atoms with Gasteiger partial charge in [0.05, 0.1) is 5.52 Å². The third-order valence-corrected chi connectivity index (χ3v) is 16.1. The van der Waals surface area contributed by atoms with E-state index in [-0.39, 0.29) is 30.6 Å².